The molecule has 2 aliphatic rings. The molecule has 1 aromatic rings. The van der Waals surface area contributed by atoms with Crippen molar-refractivity contribution in [2.24, 2.45) is 5.92 Å². The molecule has 0 aromatic heterocycles. The van der Waals surface area contributed by atoms with Gasteiger partial charge >= 0.3 is 6.03 Å². The van der Waals surface area contributed by atoms with E-state index in [1.807, 2.05) is 44.2 Å². The van der Waals surface area contributed by atoms with Gasteiger partial charge < -0.3 is 24.6 Å². The van der Waals surface area contributed by atoms with E-state index in [4.69, 9.17) is 9.47 Å². The Balaban J connectivity index is 1.70. The maximum atomic E-state index is 13.0. The smallest absolute Gasteiger partial charge is 0.318 e. The highest BCUT2D eigenvalue weighted by molar-refractivity contribution is 5.88. The normalized spacial score (nSPS) is 22.8. The predicted molar refractivity (Wildman–Crippen MR) is 102 cm³/mol. The Bertz CT molecular complexity index is 631. The van der Waals surface area contributed by atoms with Crippen LogP contribution >= 0.6 is 0 Å². The summed E-state index contributed by atoms with van der Waals surface area (Å²) >= 11 is 0. The Kier molecular flexibility index (Phi) is 6.55. The van der Waals surface area contributed by atoms with Gasteiger partial charge in [-0.1, -0.05) is 32.0 Å². The molecule has 148 valence electrons. The van der Waals surface area contributed by atoms with Crippen molar-refractivity contribution >= 4 is 11.9 Å². The first-order valence-corrected chi connectivity index (χ1v) is 9.67. The molecule has 0 saturated carbocycles. The van der Waals surface area contributed by atoms with E-state index in [2.05, 4.69) is 5.32 Å². The summed E-state index contributed by atoms with van der Waals surface area (Å²) in [4.78, 5) is 29.2. The molecule has 3 amide bonds. The summed E-state index contributed by atoms with van der Waals surface area (Å²) in [6.45, 7) is 7.30. The Morgan fingerprint density at radius 2 is 1.93 bits per heavy atom. The Morgan fingerprint density at radius 3 is 2.59 bits per heavy atom. The highest BCUT2D eigenvalue weighted by atomic mass is 16.5. The molecule has 2 atom stereocenters. The van der Waals surface area contributed by atoms with Crippen molar-refractivity contribution in [3.05, 3.63) is 30.3 Å². The van der Waals surface area contributed by atoms with E-state index in [1.165, 1.54) is 0 Å². The van der Waals surface area contributed by atoms with Gasteiger partial charge in [0.2, 0.25) is 5.91 Å². The molecular formula is C20H29N3O4. The lowest BCUT2D eigenvalue weighted by atomic mass is 10.1. The molecule has 0 aliphatic carbocycles. The summed E-state index contributed by atoms with van der Waals surface area (Å²) in [7, 11) is 0. The van der Waals surface area contributed by atoms with Crippen molar-refractivity contribution in [2.75, 3.05) is 39.4 Å². The number of urea groups is 1. The first-order valence-electron chi connectivity index (χ1n) is 9.67. The zero-order valence-electron chi connectivity index (χ0n) is 16.1. The van der Waals surface area contributed by atoms with Crippen LogP contribution in [0.5, 0.6) is 5.75 Å². The first kappa shape index (κ1) is 19.5. The molecule has 1 N–H and O–H groups in total. The number of carbonyl (C=O) groups excluding carboxylic acids is 2. The number of nitrogens with one attached hydrogen (secondary N) is 1. The molecule has 7 nitrogen and oxygen atoms in total. The number of likely N-dealkylation sites (tertiary alicyclic amines) is 1. The molecule has 0 bridgehead atoms. The van der Waals surface area contributed by atoms with E-state index in [1.54, 1.807) is 9.80 Å². The molecule has 2 saturated heterocycles. The monoisotopic (exact) mass is 375 g/mol. The quantitative estimate of drug-likeness (QED) is 0.851. The summed E-state index contributed by atoms with van der Waals surface area (Å²) < 4.78 is 11.4. The van der Waals surface area contributed by atoms with Gasteiger partial charge in [0.25, 0.3) is 0 Å². The number of rotatable bonds is 5. The lowest BCUT2D eigenvalue weighted by Gasteiger charge is -2.32. The average Bonchev–Trinajstić information content (AvgIpc) is 3.10. The van der Waals surface area contributed by atoms with Gasteiger partial charge in [-0.3, -0.25) is 4.79 Å². The highest BCUT2D eigenvalue weighted by Crippen LogP contribution is 2.25. The third-order valence-electron chi connectivity index (χ3n) is 4.84. The number of amides is 3. The third kappa shape index (κ3) is 5.13. The zero-order chi connectivity index (χ0) is 19.2. The van der Waals surface area contributed by atoms with Crippen LogP contribution in [0.15, 0.2) is 30.3 Å². The van der Waals surface area contributed by atoms with Gasteiger partial charge in [-0.05, 0) is 18.1 Å². The second-order valence-electron chi connectivity index (χ2n) is 7.47. The fraction of sp³-hybridized carbons (Fsp3) is 0.600. The van der Waals surface area contributed by atoms with E-state index in [9.17, 15) is 9.59 Å². The molecule has 27 heavy (non-hydrogen) atoms. The van der Waals surface area contributed by atoms with E-state index in [0.717, 1.165) is 5.75 Å². The number of nitrogens with zero attached hydrogens (tertiary/aromatic N) is 2. The van der Waals surface area contributed by atoms with Gasteiger partial charge in [-0.15, -0.1) is 0 Å². The number of carbonyl (C=O) groups is 2. The van der Waals surface area contributed by atoms with E-state index < -0.39 is 6.04 Å². The molecule has 2 fully saturated rings. The largest absolute Gasteiger partial charge is 0.488 e. The summed E-state index contributed by atoms with van der Waals surface area (Å²) in [6, 6.07) is 8.83. The Hall–Kier alpha value is -2.28. The van der Waals surface area contributed by atoms with Crippen LogP contribution in [0.2, 0.25) is 0 Å². The zero-order valence-corrected chi connectivity index (χ0v) is 16.1. The summed E-state index contributed by atoms with van der Waals surface area (Å²) in [5, 5.41) is 2.93. The van der Waals surface area contributed by atoms with Crippen molar-refractivity contribution in [1.29, 1.82) is 0 Å². The van der Waals surface area contributed by atoms with Crippen molar-refractivity contribution in [1.82, 2.24) is 15.1 Å². The number of para-hydroxylation sites is 1. The molecule has 3 rings (SSSR count). The van der Waals surface area contributed by atoms with Crippen molar-refractivity contribution in [3.63, 3.8) is 0 Å². The second-order valence-corrected chi connectivity index (χ2v) is 7.47. The molecule has 2 heterocycles. The van der Waals surface area contributed by atoms with Gasteiger partial charge in [0.05, 0.1) is 19.8 Å². The van der Waals surface area contributed by atoms with E-state index >= 15 is 0 Å². The molecule has 0 spiro atoms. The van der Waals surface area contributed by atoms with Gasteiger partial charge in [-0.25, -0.2) is 4.79 Å². The van der Waals surface area contributed by atoms with Crippen LogP contribution < -0.4 is 10.1 Å². The molecule has 2 aliphatic heterocycles. The van der Waals surface area contributed by atoms with Crippen LogP contribution in [0.1, 0.15) is 20.3 Å². The van der Waals surface area contributed by atoms with Crippen LogP contribution in [0.4, 0.5) is 4.79 Å². The predicted octanol–water partition coefficient (Wildman–Crippen LogP) is 1.73. The van der Waals surface area contributed by atoms with Crippen molar-refractivity contribution in [3.8, 4) is 5.75 Å². The fourth-order valence-corrected chi connectivity index (χ4v) is 3.42. The summed E-state index contributed by atoms with van der Waals surface area (Å²) in [5.74, 6) is 1.09. The molecular weight excluding hydrogens is 346 g/mol. The van der Waals surface area contributed by atoms with Gasteiger partial charge in [0.15, 0.2) is 0 Å². The molecule has 7 heteroatoms. The number of hydrogen-bond acceptors (Lipinski definition) is 4. The average molecular weight is 375 g/mol. The van der Waals surface area contributed by atoms with Crippen LogP contribution in [0.3, 0.4) is 0 Å². The molecule has 0 unspecified atom stereocenters. The van der Waals surface area contributed by atoms with Gasteiger partial charge in [0.1, 0.15) is 17.9 Å². The number of morpholine rings is 1. The van der Waals surface area contributed by atoms with Crippen LogP contribution in [-0.4, -0.2) is 73.3 Å². The third-order valence-corrected chi connectivity index (χ3v) is 4.84. The lowest BCUT2D eigenvalue weighted by Crippen LogP contribution is -2.53. The topological polar surface area (TPSA) is 71.1 Å². The van der Waals surface area contributed by atoms with Crippen molar-refractivity contribution in [2.45, 2.75) is 32.4 Å². The Labute approximate surface area is 160 Å². The first-order chi connectivity index (χ1) is 13.0. The molecule has 0 radical (unpaired) electrons. The highest BCUT2D eigenvalue weighted by Gasteiger charge is 2.42. The maximum absolute atomic E-state index is 13.0. The minimum Gasteiger partial charge on any atom is -0.488 e. The molecule has 1 aromatic carbocycles. The summed E-state index contributed by atoms with van der Waals surface area (Å²) in [6.07, 6.45) is 0.299. The standard InChI is InChI=1S/C20H29N3O4/c1-15(2)13-21-20(25)23-14-17(27-16-6-4-3-5-7-16)12-18(23)19(24)22-8-10-26-11-9-22/h3-7,15,17-18H,8-14H2,1-2H3,(H,21,25)/t17-,18-/m0/s1. The Morgan fingerprint density at radius 1 is 1.22 bits per heavy atom. The maximum Gasteiger partial charge on any atom is 0.318 e. The minimum atomic E-state index is -0.496. The van der Waals surface area contributed by atoms with E-state index in [0.29, 0.717) is 51.7 Å². The fourth-order valence-electron chi connectivity index (χ4n) is 3.42. The van der Waals surface area contributed by atoms with Crippen LogP contribution in [0.25, 0.3) is 0 Å². The number of hydrogen-bond donors (Lipinski definition) is 1. The lowest BCUT2D eigenvalue weighted by molar-refractivity contribution is -0.139. The van der Waals surface area contributed by atoms with Gasteiger partial charge in [-0.2, -0.15) is 0 Å². The summed E-state index contributed by atoms with van der Waals surface area (Å²) in [5.41, 5.74) is 0. The van der Waals surface area contributed by atoms with E-state index in [-0.39, 0.29) is 18.0 Å². The SMILES string of the molecule is CC(C)CNC(=O)N1C[C@@H](Oc2ccccc2)C[C@H]1C(=O)N1CCOCC1. The minimum absolute atomic E-state index is 0.0165. The van der Waals surface area contributed by atoms with Crippen LogP contribution in [-0.2, 0) is 9.53 Å². The number of ether oxygens (including phenoxy) is 2. The number of benzene rings is 1. The second kappa shape index (κ2) is 9.08. The van der Waals surface area contributed by atoms with Crippen LogP contribution in [0, 0.1) is 5.92 Å². The van der Waals surface area contributed by atoms with Crippen molar-refractivity contribution < 1.29 is 19.1 Å². The van der Waals surface area contributed by atoms with Gasteiger partial charge in [0, 0.05) is 26.1 Å².